The number of nitrogens with one attached hydrogen (secondary N) is 1. The zero-order chi connectivity index (χ0) is 21.6. The molecular weight excluding hydrogens is 438 g/mol. The van der Waals surface area contributed by atoms with Crippen molar-refractivity contribution in [3.8, 4) is 10.6 Å². The molecule has 7 nitrogen and oxygen atoms in total. The predicted octanol–water partition coefficient (Wildman–Crippen LogP) is 4.20. The number of aromatic carboxylic acids is 1. The minimum Gasteiger partial charge on any atom is -0.478 e. The van der Waals surface area contributed by atoms with E-state index in [0.29, 0.717) is 40.3 Å². The lowest BCUT2D eigenvalue weighted by molar-refractivity contribution is -0.133. The third-order valence-electron chi connectivity index (χ3n) is 5.16. The number of alkyl halides is 2. The first-order valence-corrected chi connectivity index (χ1v) is 10.8. The summed E-state index contributed by atoms with van der Waals surface area (Å²) < 4.78 is 27.9. The second kappa shape index (κ2) is 7.55. The van der Waals surface area contributed by atoms with E-state index >= 15 is 0 Å². The van der Waals surface area contributed by atoms with Gasteiger partial charge in [-0.1, -0.05) is 0 Å². The van der Waals surface area contributed by atoms with Gasteiger partial charge in [-0.15, -0.1) is 22.7 Å². The molecule has 0 radical (unpaired) electrons. The van der Waals surface area contributed by atoms with Gasteiger partial charge in [0, 0.05) is 39.8 Å². The summed E-state index contributed by atoms with van der Waals surface area (Å²) in [4.78, 5) is 39.9. The number of carboxylic acid groups (broad SMARTS) is 2. The molecule has 2 aliphatic rings. The highest BCUT2D eigenvalue weighted by Crippen LogP contribution is 2.48. The van der Waals surface area contributed by atoms with Crippen LogP contribution in [0.4, 0.5) is 13.8 Å². The van der Waals surface area contributed by atoms with Crippen LogP contribution in [0.3, 0.4) is 0 Å². The van der Waals surface area contributed by atoms with Crippen molar-refractivity contribution in [3.63, 3.8) is 0 Å². The minimum atomic E-state index is -2.85. The Hall–Kier alpha value is -2.66. The first-order chi connectivity index (χ1) is 14.2. The standard InChI is InChI=1S/C19H16F2N2O5S2/c20-19(21)5-4-10-12(6-19)30-16(13(10)15-22-11(7-29-15)18(27)28)23-14(24)8-2-1-3-9(8)17(25)26/h7H,1-6H2,(H,23,24)(H,25,26)(H,27,28). The van der Waals surface area contributed by atoms with Crippen molar-refractivity contribution in [1.29, 1.82) is 0 Å². The molecule has 2 aliphatic carbocycles. The van der Waals surface area contributed by atoms with Crippen LogP contribution in [0.1, 0.15) is 46.6 Å². The Bertz CT molecular complexity index is 1100. The predicted molar refractivity (Wildman–Crippen MR) is 107 cm³/mol. The maximum atomic E-state index is 13.9. The second-order valence-corrected chi connectivity index (χ2v) is 9.12. The van der Waals surface area contributed by atoms with E-state index in [1.807, 2.05) is 0 Å². The van der Waals surface area contributed by atoms with E-state index < -0.39 is 30.2 Å². The Morgan fingerprint density at radius 2 is 1.83 bits per heavy atom. The van der Waals surface area contributed by atoms with Crippen molar-refractivity contribution in [2.75, 3.05) is 5.32 Å². The number of nitrogens with zero attached hydrogens (tertiary/aromatic N) is 1. The molecule has 0 saturated heterocycles. The molecule has 4 rings (SSSR count). The van der Waals surface area contributed by atoms with Crippen LogP contribution in [0.2, 0.25) is 0 Å². The topological polar surface area (TPSA) is 117 Å². The summed E-state index contributed by atoms with van der Waals surface area (Å²) in [5.74, 6) is -5.78. The van der Waals surface area contributed by atoms with Crippen LogP contribution in [-0.4, -0.2) is 39.0 Å². The van der Waals surface area contributed by atoms with E-state index in [9.17, 15) is 28.3 Å². The normalized spacial score (nSPS) is 17.7. The maximum Gasteiger partial charge on any atom is 0.355 e. The SMILES string of the molecule is O=C(O)C1=C(C(=O)Nc2sc3c(c2-c2nc(C(=O)O)cs2)CCC(F)(F)C3)CCC1. The number of aliphatic carboxylic acids is 1. The molecule has 3 N–H and O–H groups in total. The van der Waals surface area contributed by atoms with Gasteiger partial charge in [0.05, 0.1) is 0 Å². The zero-order valence-electron chi connectivity index (χ0n) is 15.5. The molecule has 158 valence electrons. The summed E-state index contributed by atoms with van der Waals surface area (Å²) in [5, 5.41) is 23.1. The van der Waals surface area contributed by atoms with Crippen molar-refractivity contribution in [1.82, 2.24) is 4.98 Å². The Kier molecular flexibility index (Phi) is 5.18. The van der Waals surface area contributed by atoms with Gasteiger partial charge in [-0.2, -0.15) is 0 Å². The van der Waals surface area contributed by atoms with E-state index in [1.54, 1.807) is 0 Å². The number of carboxylic acids is 2. The van der Waals surface area contributed by atoms with Gasteiger partial charge in [-0.3, -0.25) is 4.79 Å². The molecule has 0 aliphatic heterocycles. The fourth-order valence-corrected chi connectivity index (χ4v) is 6.02. The van der Waals surface area contributed by atoms with Gasteiger partial charge >= 0.3 is 11.9 Å². The number of carbonyl (C=O) groups excluding carboxylic acids is 1. The van der Waals surface area contributed by atoms with E-state index in [-0.39, 0.29) is 34.7 Å². The summed E-state index contributed by atoms with van der Waals surface area (Å²) in [6.07, 6.45) is 0.450. The van der Waals surface area contributed by atoms with Crippen molar-refractivity contribution < 1.29 is 33.4 Å². The molecule has 0 bridgehead atoms. The van der Waals surface area contributed by atoms with Gasteiger partial charge in [0.1, 0.15) is 10.0 Å². The molecule has 1 amide bonds. The summed E-state index contributed by atoms with van der Waals surface area (Å²) in [7, 11) is 0. The van der Waals surface area contributed by atoms with Gasteiger partial charge in [0.2, 0.25) is 0 Å². The van der Waals surface area contributed by atoms with Gasteiger partial charge in [0.25, 0.3) is 11.8 Å². The lowest BCUT2D eigenvalue weighted by Gasteiger charge is -2.21. The number of thiazole rings is 1. The summed E-state index contributed by atoms with van der Waals surface area (Å²) in [6, 6.07) is 0. The quantitative estimate of drug-likeness (QED) is 0.624. The Labute approximate surface area is 177 Å². The molecule has 0 spiro atoms. The van der Waals surface area contributed by atoms with Crippen LogP contribution in [0, 0.1) is 0 Å². The third kappa shape index (κ3) is 3.74. The lowest BCUT2D eigenvalue weighted by atomic mass is 9.93. The molecule has 30 heavy (non-hydrogen) atoms. The monoisotopic (exact) mass is 454 g/mol. The number of hydrogen-bond donors (Lipinski definition) is 3. The van der Waals surface area contributed by atoms with Crippen LogP contribution >= 0.6 is 22.7 Å². The average Bonchev–Trinajstić information content (AvgIpc) is 3.38. The van der Waals surface area contributed by atoms with E-state index in [2.05, 4.69) is 10.3 Å². The fraction of sp³-hybridized carbons (Fsp3) is 0.368. The van der Waals surface area contributed by atoms with E-state index in [1.165, 1.54) is 5.38 Å². The van der Waals surface area contributed by atoms with Crippen LogP contribution in [0.25, 0.3) is 10.6 Å². The van der Waals surface area contributed by atoms with Crippen molar-refractivity contribution >= 4 is 45.5 Å². The number of carbonyl (C=O) groups is 3. The number of anilines is 1. The number of aromatic nitrogens is 1. The number of fused-ring (bicyclic) bond motifs is 1. The molecule has 11 heteroatoms. The van der Waals surface area contributed by atoms with Gasteiger partial charge in [0.15, 0.2) is 5.69 Å². The third-order valence-corrected chi connectivity index (χ3v) is 7.17. The molecule has 0 aromatic carbocycles. The molecule has 2 aromatic rings. The molecular formula is C19H16F2N2O5S2. The van der Waals surface area contributed by atoms with Crippen LogP contribution in [-0.2, 0) is 22.4 Å². The highest BCUT2D eigenvalue weighted by molar-refractivity contribution is 7.18. The lowest BCUT2D eigenvalue weighted by Crippen LogP contribution is -2.24. The Morgan fingerprint density at radius 1 is 1.10 bits per heavy atom. The Balaban J connectivity index is 1.76. The first-order valence-electron chi connectivity index (χ1n) is 9.14. The number of hydrogen-bond acceptors (Lipinski definition) is 6. The van der Waals surface area contributed by atoms with Gasteiger partial charge in [-0.25, -0.2) is 23.4 Å². The fourth-order valence-electron chi connectivity index (χ4n) is 3.76. The summed E-state index contributed by atoms with van der Waals surface area (Å²) >= 11 is 2.07. The molecule has 0 saturated carbocycles. The van der Waals surface area contributed by atoms with Crippen LogP contribution in [0.5, 0.6) is 0 Å². The van der Waals surface area contributed by atoms with Crippen molar-refractivity contribution in [3.05, 3.63) is 32.7 Å². The smallest absolute Gasteiger partial charge is 0.355 e. The first kappa shape index (κ1) is 20.6. The largest absolute Gasteiger partial charge is 0.478 e. The number of thiophene rings is 1. The van der Waals surface area contributed by atoms with Gasteiger partial charge in [-0.05, 0) is 31.2 Å². The molecule has 2 heterocycles. The van der Waals surface area contributed by atoms with Crippen molar-refractivity contribution in [2.24, 2.45) is 0 Å². The summed E-state index contributed by atoms with van der Waals surface area (Å²) in [6.45, 7) is 0. The van der Waals surface area contributed by atoms with Crippen molar-refractivity contribution in [2.45, 2.75) is 44.4 Å². The molecule has 0 unspecified atom stereocenters. The number of rotatable bonds is 5. The van der Waals surface area contributed by atoms with Crippen LogP contribution < -0.4 is 5.32 Å². The van der Waals surface area contributed by atoms with E-state index in [0.717, 1.165) is 22.7 Å². The number of amides is 1. The number of halogens is 2. The molecule has 0 fully saturated rings. The van der Waals surface area contributed by atoms with Crippen LogP contribution in [0.15, 0.2) is 16.5 Å². The summed E-state index contributed by atoms with van der Waals surface area (Å²) in [5.41, 5.74) is 1.15. The van der Waals surface area contributed by atoms with E-state index in [4.69, 9.17) is 5.11 Å². The average molecular weight is 454 g/mol. The second-order valence-electron chi connectivity index (χ2n) is 7.15. The van der Waals surface area contributed by atoms with Gasteiger partial charge < -0.3 is 15.5 Å². The minimum absolute atomic E-state index is 0.0596. The Morgan fingerprint density at radius 3 is 2.50 bits per heavy atom. The highest BCUT2D eigenvalue weighted by atomic mass is 32.1. The maximum absolute atomic E-state index is 13.9. The zero-order valence-corrected chi connectivity index (χ0v) is 17.1. The molecule has 0 atom stereocenters. The molecule has 2 aromatic heterocycles. The highest BCUT2D eigenvalue weighted by Gasteiger charge is 2.38.